The number of nitrogens with one attached hydrogen (secondary N) is 1. The number of amides is 3. The average molecular weight is 614 g/mol. The predicted molar refractivity (Wildman–Crippen MR) is 164 cm³/mol. The van der Waals surface area contributed by atoms with Crippen molar-refractivity contribution in [3.05, 3.63) is 126 Å². The number of carbonyl (C=O) groups is 3. The van der Waals surface area contributed by atoms with Crippen LogP contribution in [0.2, 0.25) is 0 Å². The van der Waals surface area contributed by atoms with Gasteiger partial charge in [-0.3, -0.25) is 19.3 Å². The van der Waals surface area contributed by atoms with E-state index in [0.717, 1.165) is 0 Å². The van der Waals surface area contributed by atoms with Crippen molar-refractivity contribution in [2.45, 2.75) is 37.5 Å². The molecule has 1 aliphatic heterocycles. The number of hydrogen-bond donors (Lipinski definition) is 2. The van der Waals surface area contributed by atoms with Crippen LogP contribution in [0.4, 0.5) is 24.7 Å². The van der Waals surface area contributed by atoms with Crippen LogP contribution in [0.3, 0.4) is 0 Å². The number of nitrogens with zero attached hydrogens (tertiary/aromatic N) is 3. The molecule has 3 amide bonds. The highest BCUT2D eigenvalue weighted by Crippen LogP contribution is 2.35. The Morgan fingerprint density at radius 1 is 0.889 bits per heavy atom. The maximum absolute atomic E-state index is 14.3. The number of benzodiazepines with no additional fused rings is 1. The van der Waals surface area contributed by atoms with Crippen molar-refractivity contribution >= 4 is 34.9 Å². The number of para-hydroxylation sites is 1. The Balaban J connectivity index is 1.59. The summed E-state index contributed by atoms with van der Waals surface area (Å²) in [5, 5.41) is 2.66. The molecule has 1 aromatic heterocycles. The molecule has 0 bridgehead atoms. The number of primary amides is 1. The number of hydrogen-bond acceptors (Lipinski definition) is 5. The van der Waals surface area contributed by atoms with Crippen molar-refractivity contribution in [3.63, 3.8) is 0 Å². The number of carbonyl (C=O) groups excluding carboxylic acids is 3. The second-order valence-corrected chi connectivity index (χ2v) is 10.5. The number of alkyl halides is 3. The number of rotatable bonds is 10. The molecular weight excluding hydrogens is 583 g/mol. The third-order valence-electron chi connectivity index (χ3n) is 7.50. The molecule has 2 heterocycles. The second kappa shape index (κ2) is 13.5. The molecule has 4 aromatic rings. The smallest absolute Gasteiger partial charge is 0.369 e. The first-order valence-electron chi connectivity index (χ1n) is 14.3. The lowest BCUT2D eigenvalue weighted by Gasteiger charge is -2.28. The Bertz CT molecular complexity index is 1680. The van der Waals surface area contributed by atoms with E-state index >= 15 is 0 Å². The van der Waals surface area contributed by atoms with Crippen LogP contribution in [0, 0.1) is 5.92 Å². The molecule has 0 spiro atoms. The van der Waals surface area contributed by atoms with Crippen LogP contribution in [0.15, 0.2) is 114 Å². The van der Waals surface area contributed by atoms with Gasteiger partial charge >= 0.3 is 6.18 Å². The normalized spacial score (nSPS) is 16.2. The number of aliphatic imine (C=N–C) groups is 1. The summed E-state index contributed by atoms with van der Waals surface area (Å²) >= 11 is 0. The molecule has 8 nitrogen and oxygen atoms in total. The van der Waals surface area contributed by atoms with Crippen molar-refractivity contribution in [1.82, 2.24) is 10.3 Å². The SMILES string of the molecule is NC(=O)[C@@H](c1ccccc1)[C@@H](CCCC(F)(F)F)C(=O)N[C@H]1N=C(c2ccccc2)c2ccccc2N(c2ccccn2)C1=O. The van der Waals surface area contributed by atoms with E-state index in [1.165, 1.54) is 11.1 Å². The number of pyridine rings is 1. The first kappa shape index (κ1) is 31.1. The van der Waals surface area contributed by atoms with Crippen LogP contribution in [-0.2, 0) is 14.4 Å². The van der Waals surface area contributed by atoms with E-state index in [4.69, 9.17) is 10.7 Å². The third kappa shape index (κ3) is 7.26. The molecule has 0 saturated carbocycles. The second-order valence-electron chi connectivity index (χ2n) is 10.5. The summed E-state index contributed by atoms with van der Waals surface area (Å²) in [6.07, 6.45) is -6.35. The van der Waals surface area contributed by atoms with Gasteiger partial charge in [0.15, 0.2) is 0 Å². The Labute approximate surface area is 257 Å². The van der Waals surface area contributed by atoms with Crippen LogP contribution in [0.25, 0.3) is 0 Å². The highest BCUT2D eigenvalue weighted by molar-refractivity contribution is 6.21. The van der Waals surface area contributed by atoms with E-state index < -0.39 is 54.7 Å². The lowest BCUT2D eigenvalue weighted by Crippen LogP contribution is -2.49. The molecule has 3 aromatic carbocycles. The van der Waals surface area contributed by atoms with Crippen molar-refractivity contribution < 1.29 is 27.6 Å². The molecule has 0 saturated heterocycles. The molecule has 3 N–H and O–H groups in total. The van der Waals surface area contributed by atoms with E-state index in [9.17, 15) is 27.6 Å². The maximum Gasteiger partial charge on any atom is 0.389 e. The Morgan fingerprint density at radius 2 is 1.53 bits per heavy atom. The van der Waals surface area contributed by atoms with Gasteiger partial charge in [0.25, 0.3) is 5.91 Å². The van der Waals surface area contributed by atoms with E-state index in [1.807, 2.05) is 30.3 Å². The lowest BCUT2D eigenvalue weighted by atomic mass is 9.81. The number of anilines is 2. The zero-order valence-electron chi connectivity index (χ0n) is 24.0. The maximum atomic E-state index is 14.3. The number of halogens is 3. The minimum Gasteiger partial charge on any atom is -0.369 e. The highest BCUT2D eigenvalue weighted by atomic mass is 19.4. The van der Waals surface area contributed by atoms with Gasteiger partial charge in [0, 0.05) is 23.7 Å². The van der Waals surface area contributed by atoms with Crippen LogP contribution >= 0.6 is 0 Å². The van der Waals surface area contributed by atoms with Gasteiger partial charge in [-0.05, 0) is 36.6 Å². The van der Waals surface area contributed by atoms with Gasteiger partial charge in [0.05, 0.1) is 23.2 Å². The van der Waals surface area contributed by atoms with Gasteiger partial charge in [-0.2, -0.15) is 13.2 Å². The van der Waals surface area contributed by atoms with Crippen molar-refractivity contribution in [3.8, 4) is 0 Å². The third-order valence-corrected chi connectivity index (χ3v) is 7.50. The molecule has 0 unspecified atom stereocenters. The molecule has 1 aliphatic rings. The minimum atomic E-state index is -4.46. The van der Waals surface area contributed by atoms with Crippen molar-refractivity contribution in [1.29, 1.82) is 0 Å². The first-order chi connectivity index (χ1) is 21.6. The number of fused-ring (bicyclic) bond motifs is 1. The average Bonchev–Trinajstić information content (AvgIpc) is 3.15. The number of nitrogens with two attached hydrogens (primary N) is 1. The largest absolute Gasteiger partial charge is 0.389 e. The van der Waals surface area contributed by atoms with Crippen molar-refractivity contribution in [2.75, 3.05) is 4.90 Å². The summed E-state index contributed by atoms with van der Waals surface area (Å²) in [6.45, 7) is 0. The van der Waals surface area contributed by atoms with Gasteiger partial charge in [0.2, 0.25) is 18.0 Å². The van der Waals surface area contributed by atoms with Gasteiger partial charge in [0.1, 0.15) is 5.82 Å². The first-order valence-corrected chi connectivity index (χ1v) is 14.3. The monoisotopic (exact) mass is 613 g/mol. The van der Waals surface area contributed by atoms with Gasteiger partial charge in [-0.25, -0.2) is 9.98 Å². The molecule has 3 atom stereocenters. The van der Waals surface area contributed by atoms with Crippen LogP contribution in [0.1, 0.15) is 41.9 Å². The molecule has 0 fully saturated rings. The van der Waals surface area contributed by atoms with E-state index in [-0.39, 0.29) is 12.2 Å². The van der Waals surface area contributed by atoms with Gasteiger partial charge in [-0.1, -0.05) is 84.9 Å². The molecule has 230 valence electrons. The standard InChI is InChI=1S/C34H30F3N5O3/c35-34(36,37)20-11-17-25(28(30(38)43)22-12-3-1-4-13-22)32(44)41-31-33(45)42(27-19-9-10-21-39-27)26-18-8-7-16-24(26)29(40-31)23-14-5-2-6-15-23/h1-10,12-16,18-19,21,25,28,31H,11,17,20H2,(H2,38,43)(H,41,44)/t25-,28+,31-/m1/s1. The molecule has 45 heavy (non-hydrogen) atoms. The molecule has 0 radical (unpaired) electrons. The number of benzene rings is 3. The Morgan fingerprint density at radius 3 is 2.18 bits per heavy atom. The summed E-state index contributed by atoms with van der Waals surface area (Å²) < 4.78 is 39.4. The lowest BCUT2D eigenvalue weighted by molar-refractivity contribution is -0.139. The van der Waals surface area contributed by atoms with Gasteiger partial charge < -0.3 is 11.1 Å². The van der Waals surface area contributed by atoms with Gasteiger partial charge in [-0.15, -0.1) is 0 Å². The fourth-order valence-corrected chi connectivity index (χ4v) is 5.47. The summed E-state index contributed by atoms with van der Waals surface area (Å²) in [5.41, 5.74) is 8.27. The summed E-state index contributed by atoms with van der Waals surface area (Å²) in [5.74, 6) is -4.64. The van der Waals surface area contributed by atoms with Crippen LogP contribution in [0.5, 0.6) is 0 Å². The fourth-order valence-electron chi connectivity index (χ4n) is 5.47. The van der Waals surface area contributed by atoms with E-state index in [1.54, 1.807) is 72.8 Å². The molecule has 11 heteroatoms. The zero-order valence-corrected chi connectivity index (χ0v) is 24.0. The van der Waals surface area contributed by atoms with E-state index in [0.29, 0.717) is 28.1 Å². The number of aromatic nitrogens is 1. The Kier molecular flexibility index (Phi) is 9.36. The van der Waals surface area contributed by atoms with Crippen molar-refractivity contribution in [2.24, 2.45) is 16.6 Å². The Hall–Kier alpha value is -5.32. The molecule has 5 rings (SSSR count). The van der Waals surface area contributed by atoms with Crippen LogP contribution in [-0.4, -0.2) is 40.8 Å². The molecular formula is C34H30F3N5O3. The quantitative estimate of drug-likeness (QED) is 0.240. The predicted octanol–water partition coefficient (Wildman–Crippen LogP) is 5.66. The van der Waals surface area contributed by atoms with Crippen LogP contribution < -0.4 is 16.0 Å². The minimum absolute atomic E-state index is 0.278. The highest BCUT2D eigenvalue weighted by Gasteiger charge is 2.39. The van der Waals surface area contributed by atoms with E-state index in [2.05, 4.69) is 10.3 Å². The fraction of sp³-hybridized carbons (Fsp3) is 0.206. The topological polar surface area (TPSA) is 118 Å². The zero-order chi connectivity index (χ0) is 32.0. The summed E-state index contributed by atoms with van der Waals surface area (Å²) in [7, 11) is 0. The summed E-state index contributed by atoms with van der Waals surface area (Å²) in [4.78, 5) is 51.5. The summed E-state index contributed by atoms with van der Waals surface area (Å²) in [6, 6.07) is 29.4. The molecule has 0 aliphatic carbocycles.